The summed E-state index contributed by atoms with van der Waals surface area (Å²) in [6, 6.07) is 4.06. The van der Waals surface area contributed by atoms with E-state index in [0.717, 1.165) is 28.8 Å². The number of amides is 1. The Hall–Kier alpha value is -1.63. The molecule has 1 amide bonds. The van der Waals surface area contributed by atoms with Gasteiger partial charge in [0.15, 0.2) is 0 Å². The van der Waals surface area contributed by atoms with Crippen molar-refractivity contribution in [1.29, 1.82) is 0 Å². The number of carbonyl (C=O) groups is 1. The molecule has 1 N–H and O–H groups in total. The molecule has 0 saturated carbocycles. The molecular weight excluding hydrogens is 372 g/mol. The molecular formula is C17H23BrN4O2. The Morgan fingerprint density at radius 2 is 2.21 bits per heavy atom. The zero-order chi connectivity index (χ0) is 17.3. The van der Waals surface area contributed by atoms with Crippen molar-refractivity contribution in [2.45, 2.75) is 51.3 Å². The van der Waals surface area contributed by atoms with Crippen LogP contribution < -0.4 is 5.32 Å². The van der Waals surface area contributed by atoms with E-state index in [4.69, 9.17) is 4.74 Å². The molecule has 0 aliphatic carbocycles. The van der Waals surface area contributed by atoms with Gasteiger partial charge in [-0.1, -0.05) is 6.07 Å². The zero-order valence-electron chi connectivity index (χ0n) is 14.3. The number of hydrogen-bond acceptors (Lipinski definition) is 5. The first-order valence-electron chi connectivity index (χ1n) is 8.25. The summed E-state index contributed by atoms with van der Waals surface area (Å²) in [5, 5.41) is 3.46. The van der Waals surface area contributed by atoms with E-state index in [1.54, 1.807) is 4.90 Å². The lowest BCUT2D eigenvalue weighted by molar-refractivity contribution is 0.0264. The van der Waals surface area contributed by atoms with E-state index in [-0.39, 0.29) is 18.2 Å². The highest BCUT2D eigenvalue weighted by Crippen LogP contribution is 2.26. The standard InChI is InChI=1S/C17H23BrN4O2/c1-17(2,3)24-16(23)22-8-4-5-13(22)15-20-10-12(21-15)11-6-7-14(18)19-9-11/h6-7,9,12-13H,4-5,8,10H2,1-3H3,(H,20,21)/t12?,13-/m0/s1. The molecule has 0 bridgehead atoms. The highest BCUT2D eigenvalue weighted by Gasteiger charge is 2.37. The third-order valence-corrected chi connectivity index (χ3v) is 4.58. The van der Waals surface area contributed by atoms with Gasteiger partial charge < -0.3 is 10.1 Å². The fourth-order valence-electron chi connectivity index (χ4n) is 3.03. The number of pyridine rings is 1. The molecule has 2 atom stereocenters. The number of hydrogen-bond donors (Lipinski definition) is 1. The molecule has 130 valence electrons. The van der Waals surface area contributed by atoms with Crippen molar-refractivity contribution in [3.8, 4) is 0 Å². The minimum Gasteiger partial charge on any atom is -0.444 e. The van der Waals surface area contributed by atoms with Gasteiger partial charge in [0.1, 0.15) is 16.0 Å². The van der Waals surface area contributed by atoms with Gasteiger partial charge in [-0.2, -0.15) is 0 Å². The van der Waals surface area contributed by atoms with Crippen LogP contribution in [0.3, 0.4) is 0 Å². The Kier molecular flexibility index (Phi) is 4.80. The Morgan fingerprint density at radius 1 is 1.42 bits per heavy atom. The van der Waals surface area contributed by atoms with Crippen molar-refractivity contribution in [3.05, 3.63) is 28.5 Å². The fraction of sp³-hybridized carbons (Fsp3) is 0.588. The van der Waals surface area contributed by atoms with Crippen LogP contribution >= 0.6 is 15.9 Å². The molecule has 2 aliphatic heterocycles. The van der Waals surface area contributed by atoms with Crippen LogP contribution in [0.2, 0.25) is 0 Å². The second kappa shape index (κ2) is 6.70. The van der Waals surface area contributed by atoms with Gasteiger partial charge in [-0.3, -0.25) is 9.89 Å². The number of aromatic nitrogens is 1. The smallest absolute Gasteiger partial charge is 0.410 e. The molecule has 7 heteroatoms. The highest BCUT2D eigenvalue weighted by atomic mass is 79.9. The SMILES string of the molecule is CC(C)(C)OC(=O)N1CCC[C@H]1C1=NCC(c2ccc(Br)nc2)N1. The van der Waals surface area contributed by atoms with Crippen molar-refractivity contribution < 1.29 is 9.53 Å². The first-order chi connectivity index (χ1) is 11.3. The van der Waals surface area contributed by atoms with Crippen molar-refractivity contribution in [3.63, 3.8) is 0 Å². The van der Waals surface area contributed by atoms with E-state index in [9.17, 15) is 4.79 Å². The minimum atomic E-state index is -0.485. The van der Waals surface area contributed by atoms with Crippen LogP contribution in [-0.4, -0.2) is 46.5 Å². The molecule has 0 spiro atoms. The molecule has 1 saturated heterocycles. The lowest BCUT2D eigenvalue weighted by atomic mass is 10.1. The number of amidine groups is 1. The average Bonchev–Trinajstić information content (AvgIpc) is 3.15. The molecule has 0 aromatic carbocycles. The van der Waals surface area contributed by atoms with Crippen LogP contribution in [0, 0.1) is 0 Å². The van der Waals surface area contributed by atoms with Gasteiger partial charge >= 0.3 is 6.09 Å². The number of rotatable bonds is 2. The second-order valence-corrected chi connectivity index (χ2v) is 7.98. The molecule has 0 radical (unpaired) electrons. The summed E-state index contributed by atoms with van der Waals surface area (Å²) in [6.45, 7) is 7.04. The molecule has 3 heterocycles. The first-order valence-corrected chi connectivity index (χ1v) is 9.05. The van der Waals surface area contributed by atoms with Crippen LogP contribution in [0.25, 0.3) is 0 Å². The van der Waals surface area contributed by atoms with E-state index < -0.39 is 5.60 Å². The van der Waals surface area contributed by atoms with Gasteiger partial charge in [0.2, 0.25) is 0 Å². The maximum Gasteiger partial charge on any atom is 0.410 e. The summed E-state index contributed by atoms with van der Waals surface area (Å²) in [6.07, 6.45) is 3.47. The monoisotopic (exact) mass is 394 g/mol. The lowest BCUT2D eigenvalue weighted by Crippen LogP contribution is -2.46. The molecule has 24 heavy (non-hydrogen) atoms. The maximum absolute atomic E-state index is 12.4. The molecule has 6 nitrogen and oxygen atoms in total. The summed E-state index contributed by atoms with van der Waals surface area (Å²) in [7, 11) is 0. The summed E-state index contributed by atoms with van der Waals surface area (Å²) in [5.74, 6) is 0.881. The maximum atomic E-state index is 12.4. The molecule has 2 aliphatic rings. The number of carbonyl (C=O) groups excluding carboxylic acids is 1. The number of nitrogens with zero attached hydrogens (tertiary/aromatic N) is 3. The van der Waals surface area contributed by atoms with E-state index in [1.165, 1.54) is 0 Å². The van der Waals surface area contributed by atoms with Crippen LogP contribution in [-0.2, 0) is 4.74 Å². The van der Waals surface area contributed by atoms with E-state index in [0.29, 0.717) is 13.1 Å². The molecule has 1 unspecified atom stereocenters. The van der Waals surface area contributed by atoms with E-state index in [1.807, 2.05) is 39.1 Å². The second-order valence-electron chi connectivity index (χ2n) is 7.17. The number of halogens is 1. The third kappa shape index (κ3) is 3.88. The zero-order valence-corrected chi connectivity index (χ0v) is 15.8. The largest absolute Gasteiger partial charge is 0.444 e. The van der Waals surface area contributed by atoms with Crippen molar-refractivity contribution in [1.82, 2.24) is 15.2 Å². The Balaban J connectivity index is 1.66. The van der Waals surface area contributed by atoms with Crippen molar-refractivity contribution in [2.24, 2.45) is 4.99 Å². The normalized spacial score (nSPS) is 23.8. The number of nitrogens with one attached hydrogen (secondary N) is 1. The van der Waals surface area contributed by atoms with Crippen LogP contribution in [0.4, 0.5) is 4.79 Å². The van der Waals surface area contributed by atoms with Gasteiger partial charge in [-0.25, -0.2) is 9.78 Å². The predicted molar refractivity (Wildman–Crippen MR) is 96.1 cm³/mol. The van der Waals surface area contributed by atoms with Crippen LogP contribution in [0.5, 0.6) is 0 Å². The highest BCUT2D eigenvalue weighted by molar-refractivity contribution is 9.10. The first kappa shape index (κ1) is 17.2. The number of ether oxygens (including phenoxy) is 1. The van der Waals surface area contributed by atoms with Crippen LogP contribution in [0.15, 0.2) is 27.9 Å². The van der Waals surface area contributed by atoms with Crippen molar-refractivity contribution in [2.75, 3.05) is 13.1 Å². The van der Waals surface area contributed by atoms with Gasteiger partial charge in [0, 0.05) is 12.7 Å². The van der Waals surface area contributed by atoms with Gasteiger partial charge in [-0.05, 0) is 61.2 Å². The Bertz CT molecular complexity index is 639. The Labute approximate surface area is 150 Å². The quantitative estimate of drug-likeness (QED) is 0.781. The average molecular weight is 395 g/mol. The molecule has 3 rings (SSSR count). The van der Waals surface area contributed by atoms with E-state index in [2.05, 4.69) is 31.2 Å². The fourth-order valence-corrected chi connectivity index (χ4v) is 3.27. The van der Waals surface area contributed by atoms with Gasteiger partial charge in [0.05, 0.1) is 18.6 Å². The lowest BCUT2D eigenvalue weighted by Gasteiger charge is -2.29. The summed E-state index contributed by atoms with van der Waals surface area (Å²) >= 11 is 3.35. The van der Waals surface area contributed by atoms with E-state index >= 15 is 0 Å². The molecule has 1 aromatic rings. The van der Waals surface area contributed by atoms with Gasteiger partial charge in [0.25, 0.3) is 0 Å². The third-order valence-electron chi connectivity index (χ3n) is 4.12. The summed E-state index contributed by atoms with van der Waals surface area (Å²) in [4.78, 5) is 23.1. The Morgan fingerprint density at radius 3 is 2.88 bits per heavy atom. The summed E-state index contributed by atoms with van der Waals surface area (Å²) in [5.41, 5.74) is 0.611. The molecule has 1 fully saturated rings. The molecule has 1 aromatic heterocycles. The number of aliphatic imine (C=N–C) groups is 1. The minimum absolute atomic E-state index is 0.0201. The van der Waals surface area contributed by atoms with Crippen LogP contribution in [0.1, 0.15) is 45.2 Å². The van der Waals surface area contributed by atoms with Crippen molar-refractivity contribution >= 4 is 27.9 Å². The topological polar surface area (TPSA) is 66.8 Å². The van der Waals surface area contributed by atoms with Gasteiger partial charge in [-0.15, -0.1) is 0 Å². The number of likely N-dealkylation sites (tertiary alicyclic amines) is 1. The predicted octanol–water partition coefficient (Wildman–Crippen LogP) is 3.29. The summed E-state index contributed by atoms with van der Waals surface area (Å²) < 4.78 is 6.34.